The van der Waals surface area contributed by atoms with Gasteiger partial charge in [0.25, 0.3) is 0 Å². The number of carboxylic acid groups (broad SMARTS) is 1. The summed E-state index contributed by atoms with van der Waals surface area (Å²) in [4.78, 5) is 14.8. The zero-order valence-corrected chi connectivity index (χ0v) is 10.9. The average Bonchev–Trinajstić information content (AvgIpc) is 2.32. The molecule has 0 saturated heterocycles. The summed E-state index contributed by atoms with van der Waals surface area (Å²) < 4.78 is 0.890. The van der Waals surface area contributed by atoms with Crippen LogP contribution in [0, 0.1) is 0 Å². The Morgan fingerprint density at radius 3 is 2.65 bits per heavy atom. The van der Waals surface area contributed by atoms with Crippen LogP contribution < -0.4 is 0 Å². The Kier molecular flexibility index (Phi) is 3.45. The van der Waals surface area contributed by atoms with Gasteiger partial charge >= 0.3 is 5.97 Å². The fraction of sp³-hybridized carbons (Fsp3) is 0. The van der Waals surface area contributed by atoms with E-state index >= 15 is 0 Å². The van der Waals surface area contributed by atoms with Crippen LogP contribution in [0.2, 0.25) is 5.02 Å². The van der Waals surface area contributed by atoms with E-state index in [9.17, 15) is 4.79 Å². The molecule has 2 rings (SSSR count). The summed E-state index contributed by atoms with van der Waals surface area (Å²) in [5.74, 6) is -0.996. The van der Waals surface area contributed by atoms with Crippen LogP contribution in [-0.2, 0) is 0 Å². The molecule has 0 radical (unpaired) electrons. The summed E-state index contributed by atoms with van der Waals surface area (Å²) in [6.07, 6.45) is 1.31. The molecule has 0 spiro atoms. The van der Waals surface area contributed by atoms with E-state index in [-0.39, 0.29) is 5.56 Å². The van der Waals surface area contributed by atoms with Gasteiger partial charge in [0.05, 0.1) is 16.3 Å². The molecule has 3 nitrogen and oxygen atoms in total. The first-order chi connectivity index (χ1) is 8.08. The Balaban J connectivity index is 2.46. The molecule has 17 heavy (non-hydrogen) atoms. The summed E-state index contributed by atoms with van der Waals surface area (Å²) >= 11 is 9.41. The van der Waals surface area contributed by atoms with Gasteiger partial charge in [0, 0.05) is 16.2 Å². The lowest BCUT2D eigenvalue weighted by Crippen LogP contribution is -1.97. The fourth-order valence-corrected chi connectivity index (χ4v) is 1.95. The van der Waals surface area contributed by atoms with Crippen molar-refractivity contribution in [3.8, 4) is 11.3 Å². The Hall–Kier alpha value is -1.39. The molecule has 5 heteroatoms. The molecule has 1 aromatic carbocycles. The number of halogens is 2. The highest BCUT2D eigenvalue weighted by Crippen LogP contribution is 2.29. The number of carbonyl (C=O) groups is 1. The van der Waals surface area contributed by atoms with Crippen LogP contribution in [0.1, 0.15) is 10.4 Å². The van der Waals surface area contributed by atoms with Gasteiger partial charge in [-0.05, 0) is 30.3 Å². The van der Waals surface area contributed by atoms with Crippen LogP contribution in [0.25, 0.3) is 11.3 Å². The maximum Gasteiger partial charge on any atom is 0.337 e. The summed E-state index contributed by atoms with van der Waals surface area (Å²) in [7, 11) is 0. The van der Waals surface area contributed by atoms with Crippen LogP contribution >= 0.6 is 27.5 Å². The number of rotatable bonds is 2. The molecule has 0 aliphatic carbocycles. The monoisotopic (exact) mass is 311 g/mol. The van der Waals surface area contributed by atoms with Gasteiger partial charge in [0.2, 0.25) is 0 Å². The van der Waals surface area contributed by atoms with Crippen molar-refractivity contribution >= 4 is 33.5 Å². The van der Waals surface area contributed by atoms with E-state index in [0.717, 1.165) is 10.0 Å². The molecule has 0 bridgehead atoms. The first-order valence-electron chi connectivity index (χ1n) is 4.72. The van der Waals surface area contributed by atoms with Gasteiger partial charge in [-0.3, -0.25) is 4.98 Å². The van der Waals surface area contributed by atoms with E-state index in [0.29, 0.717) is 10.7 Å². The van der Waals surface area contributed by atoms with Crippen molar-refractivity contribution in [2.45, 2.75) is 0 Å². The lowest BCUT2D eigenvalue weighted by Gasteiger charge is -2.04. The molecule has 1 heterocycles. The van der Waals surface area contributed by atoms with E-state index in [1.54, 1.807) is 12.1 Å². The highest BCUT2D eigenvalue weighted by atomic mass is 79.9. The van der Waals surface area contributed by atoms with Crippen molar-refractivity contribution in [1.29, 1.82) is 0 Å². The molecule has 0 aliphatic heterocycles. The first-order valence-corrected chi connectivity index (χ1v) is 5.90. The zero-order valence-electron chi connectivity index (χ0n) is 8.52. The van der Waals surface area contributed by atoms with Gasteiger partial charge < -0.3 is 5.11 Å². The Morgan fingerprint density at radius 1 is 1.29 bits per heavy atom. The SMILES string of the molecule is O=C(O)c1ccc(-c2cc(Br)ccc2Cl)nc1. The molecular formula is C12H7BrClNO2. The standard InChI is InChI=1S/C12H7BrClNO2/c13-8-2-3-10(14)9(5-8)11-4-1-7(6-15-11)12(16)17/h1-6H,(H,16,17). The maximum atomic E-state index is 10.7. The molecule has 0 aliphatic rings. The zero-order chi connectivity index (χ0) is 12.4. The van der Waals surface area contributed by atoms with Crippen LogP contribution in [-0.4, -0.2) is 16.1 Å². The van der Waals surface area contributed by atoms with E-state index < -0.39 is 5.97 Å². The van der Waals surface area contributed by atoms with E-state index in [4.69, 9.17) is 16.7 Å². The van der Waals surface area contributed by atoms with Gasteiger partial charge in [0.1, 0.15) is 0 Å². The van der Waals surface area contributed by atoms with Crippen LogP contribution in [0.15, 0.2) is 41.0 Å². The number of aromatic carboxylic acids is 1. The van der Waals surface area contributed by atoms with Crippen molar-refractivity contribution in [1.82, 2.24) is 4.98 Å². The summed E-state index contributed by atoms with van der Waals surface area (Å²) in [5, 5.41) is 9.34. The van der Waals surface area contributed by atoms with Crippen molar-refractivity contribution in [3.63, 3.8) is 0 Å². The molecule has 0 unspecified atom stereocenters. The number of aromatic nitrogens is 1. The van der Waals surface area contributed by atoms with Gasteiger partial charge in [-0.2, -0.15) is 0 Å². The van der Waals surface area contributed by atoms with Gasteiger partial charge in [0.15, 0.2) is 0 Å². The minimum absolute atomic E-state index is 0.153. The number of hydrogen-bond acceptors (Lipinski definition) is 2. The molecule has 1 aromatic heterocycles. The molecule has 0 fully saturated rings. The highest BCUT2D eigenvalue weighted by Gasteiger charge is 2.07. The second-order valence-corrected chi connectivity index (χ2v) is 4.68. The second kappa shape index (κ2) is 4.85. The third kappa shape index (κ3) is 2.65. The van der Waals surface area contributed by atoms with Crippen molar-refractivity contribution in [2.75, 3.05) is 0 Å². The Labute approximate surface area is 111 Å². The normalized spacial score (nSPS) is 10.2. The topological polar surface area (TPSA) is 50.2 Å². The number of nitrogens with zero attached hydrogens (tertiary/aromatic N) is 1. The minimum Gasteiger partial charge on any atom is -0.478 e. The van der Waals surface area contributed by atoms with Crippen molar-refractivity contribution in [2.24, 2.45) is 0 Å². The molecule has 0 atom stereocenters. The summed E-state index contributed by atoms with van der Waals surface area (Å²) in [6, 6.07) is 8.56. The third-order valence-corrected chi connectivity index (χ3v) is 3.04. The molecule has 2 aromatic rings. The van der Waals surface area contributed by atoms with Gasteiger partial charge in [-0.25, -0.2) is 4.79 Å². The van der Waals surface area contributed by atoms with Crippen LogP contribution in [0.3, 0.4) is 0 Å². The largest absolute Gasteiger partial charge is 0.478 e. The molecule has 86 valence electrons. The van der Waals surface area contributed by atoms with E-state index in [1.807, 2.05) is 12.1 Å². The fourth-order valence-electron chi connectivity index (χ4n) is 1.37. The van der Waals surface area contributed by atoms with Gasteiger partial charge in [-0.1, -0.05) is 27.5 Å². The van der Waals surface area contributed by atoms with Crippen LogP contribution in [0.5, 0.6) is 0 Å². The van der Waals surface area contributed by atoms with Gasteiger partial charge in [-0.15, -0.1) is 0 Å². The third-order valence-electron chi connectivity index (χ3n) is 2.21. The molecule has 0 amide bonds. The summed E-state index contributed by atoms with van der Waals surface area (Å²) in [6.45, 7) is 0. The maximum absolute atomic E-state index is 10.7. The van der Waals surface area contributed by atoms with Crippen molar-refractivity contribution < 1.29 is 9.90 Å². The predicted molar refractivity (Wildman–Crippen MR) is 69.3 cm³/mol. The lowest BCUT2D eigenvalue weighted by molar-refractivity contribution is 0.0696. The minimum atomic E-state index is -0.996. The first kappa shape index (κ1) is 12.1. The molecular weight excluding hydrogens is 305 g/mol. The molecule has 0 saturated carbocycles. The Bertz CT molecular complexity index is 569. The lowest BCUT2D eigenvalue weighted by atomic mass is 10.1. The summed E-state index contributed by atoms with van der Waals surface area (Å²) in [5.41, 5.74) is 1.55. The Morgan fingerprint density at radius 2 is 2.06 bits per heavy atom. The number of pyridine rings is 1. The molecule has 1 N–H and O–H groups in total. The number of carboxylic acids is 1. The second-order valence-electron chi connectivity index (χ2n) is 3.36. The predicted octanol–water partition coefficient (Wildman–Crippen LogP) is 3.86. The number of benzene rings is 1. The number of hydrogen-bond donors (Lipinski definition) is 1. The van der Waals surface area contributed by atoms with Crippen LogP contribution in [0.4, 0.5) is 0 Å². The average molecular weight is 313 g/mol. The van der Waals surface area contributed by atoms with E-state index in [1.165, 1.54) is 12.3 Å². The quantitative estimate of drug-likeness (QED) is 0.916. The smallest absolute Gasteiger partial charge is 0.337 e. The van der Waals surface area contributed by atoms with Crippen molar-refractivity contribution in [3.05, 3.63) is 51.6 Å². The van der Waals surface area contributed by atoms with E-state index in [2.05, 4.69) is 20.9 Å². The highest BCUT2D eigenvalue weighted by molar-refractivity contribution is 9.10.